The van der Waals surface area contributed by atoms with E-state index < -0.39 is 0 Å². The van der Waals surface area contributed by atoms with E-state index in [1.807, 2.05) is 13.0 Å². The zero-order valence-electron chi connectivity index (χ0n) is 9.40. The Hall–Kier alpha value is -1.82. The lowest BCUT2D eigenvalue weighted by Crippen LogP contribution is -1.99. The SMILES string of the molecule is CCOc1ccc(C(=O)CCCC#N)cc1. The Kier molecular flexibility index (Phi) is 5.07. The van der Waals surface area contributed by atoms with Gasteiger partial charge < -0.3 is 4.74 Å². The summed E-state index contributed by atoms with van der Waals surface area (Å²) in [5, 5.41) is 8.37. The number of unbranched alkanes of at least 4 members (excludes halogenated alkanes) is 1. The van der Waals surface area contributed by atoms with Crippen LogP contribution in [0.4, 0.5) is 0 Å². The summed E-state index contributed by atoms with van der Waals surface area (Å²) < 4.78 is 5.28. The quantitative estimate of drug-likeness (QED) is 0.543. The molecule has 0 heterocycles. The lowest BCUT2D eigenvalue weighted by molar-refractivity contribution is 0.0980. The lowest BCUT2D eigenvalue weighted by Gasteiger charge is -2.03. The van der Waals surface area contributed by atoms with E-state index in [1.165, 1.54) is 0 Å². The van der Waals surface area contributed by atoms with Crippen LogP contribution in [0.25, 0.3) is 0 Å². The van der Waals surface area contributed by atoms with Gasteiger partial charge >= 0.3 is 0 Å². The van der Waals surface area contributed by atoms with Gasteiger partial charge in [-0.2, -0.15) is 5.26 Å². The van der Waals surface area contributed by atoms with Crippen LogP contribution in [0.3, 0.4) is 0 Å². The molecule has 0 N–H and O–H groups in total. The van der Waals surface area contributed by atoms with Gasteiger partial charge in [0.1, 0.15) is 5.75 Å². The Labute approximate surface area is 95.7 Å². The molecule has 0 aliphatic rings. The summed E-state index contributed by atoms with van der Waals surface area (Å²) in [6.45, 7) is 2.54. The van der Waals surface area contributed by atoms with Crippen molar-refractivity contribution in [1.29, 1.82) is 5.26 Å². The Morgan fingerprint density at radius 3 is 2.62 bits per heavy atom. The van der Waals surface area contributed by atoms with Crippen LogP contribution in [0.1, 0.15) is 36.5 Å². The van der Waals surface area contributed by atoms with Crippen molar-refractivity contribution in [2.45, 2.75) is 26.2 Å². The van der Waals surface area contributed by atoms with Crippen molar-refractivity contribution in [2.24, 2.45) is 0 Å². The molecule has 0 fully saturated rings. The predicted octanol–water partition coefficient (Wildman–Crippen LogP) is 2.96. The minimum atomic E-state index is 0.0818. The highest BCUT2D eigenvalue weighted by Gasteiger charge is 2.05. The normalized spacial score (nSPS) is 9.50. The minimum absolute atomic E-state index is 0.0818. The molecule has 3 nitrogen and oxygen atoms in total. The summed E-state index contributed by atoms with van der Waals surface area (Å²) in [5.74, 6) is 0.856. The summed E-state index contributed by atoms with van der Waals surface area (Å²) in [5.41, 5.74) is 0.682. The van der Waals surface area contributed by atoms with Gasteiger partial charge in [0, 0.05) is 18.4 Å². The molecule has 3 heteroatoms. The third kappa shape index (κ3) is 3.74. The van der Waals surface area contributed by atoms with E-state index in [0.29, 0.717) is 31.4 Å². The number of ketones is 1. The summed E-state index contributed by atoms with van der Waals surface area (Å²) in [6.07, 6.45) is 1.49. The molecule has 0 aliphatic heterocycles. The van der Waals surface area contributed by atoms with Gasteiger partial charge in [0.05, 0.1) is 12.7 Å². The molecule has 0 saturated heterocycles. The number of Topliss-reactive ketones (excluding diaryl/α,β-unsaturated/α-hetero) is 1. The number of benzene rings is 1. The Bertz CT molecular complexity index is 376. The zero-order chi connectivity index (χ0) is 11.8. The Balaban J connectivity index is 2.53. The maximum atomic E-state index is 11.6. The summed E-state index contributed by atoms with van der Waals surface area (Å²) in [4.78, 5) is 11.6. The maximum absolute atomic E-state index is 11.6. The predicted molar refractivity (Wildman–Crippen MR) is 61.4 cm³/mol. The molecule has 0 aromatic heterocycles. The van der Waals surface area contributed by atoms with Gasteiger partial charge in [0.25, 0.3) is 0 Å². The molecule has 0 radical (unpaired) electrons. The molecule has 1 aromatic carbocycles. The molecule has 1 rings (SSSR count). The number of carbonyl (C=O) groups excluding carboxylic acids is 1. The average Bonchev–Trinajstić information content (AvgIpc) is 2.30. The summed E-state index contributed by atoms with van der Waals surface area (Å²) >= 11 is 0. The maximum Gasteiger partial charge on any atom is 0.162 e. The number of nitriles is 1. The number of nitrogens with zero attached hydrogens (tertiary/aromatic N) is 1. The topological polar surface area (TPSA) is 50.1 Å². The molecular formula is C13H15NO2. The van der Waals surface area contributed by atoms with Crippen molar-refractivity contribution in [2.75, 3.05) is 6.61 Å². The highest BCUT2D eigenvalue weighted by atomic mass is 16.5. The molecule has 0 bridgehead atoms. The molecule has 84 valence electrons. The first-order chi connectivity index (χ1) is 7.77. The van der Waals surface area contributed by atoms with E-state index in [1.54, 1.807) is 24.3 Å². The highest BCUT2D eigenvalue weighted by Crippen LogP contribution is 2.14. The highest BCUT2D eigenvalue weighted by molar-refractivity contribution is 5.96. The van der Waals surface area contributed by atoms with Crippen LogP contribution in [0.5, 0.6) is 5.75 Å². The van der Waals surface area contributed by atoms with E-state index in [2.05, 4.69) is 0 Å². The van der Waals surface area contributed by atoms with Gasteiger partial charge in [-0.05, 0) is 37.6 Å². The fourth-order valence-corrected chi connectivity index (χ4v) is 1.38. The minimum Gasteiger partial charge on any atom is -0.494 e. The van der Waals surface area contributed by atoms with Crippen molar-refractivity contribution in [1.82, 2.24) is 0 Å². The van der Waals surface area contributed by atoms with Crippen molar-refractivity contribution in [3.05, 3.63) is 29.8 Å². The average molecular weight is 217 g/mol. The molecule has 0 amide bonds. The van der Waals surface area contributed by atoms with Crippen LogP contribution in [0, 0.1) is 11.3 Å². The van der Waals surface area contributed by atoms with Crippen LogP contribution < -0.4 is 4.74 Å². The monoisotopic (exact) mass is 217 g/mol. The van der Waals surface area contributed by atoms with Crippen LogP contribution in [-0.2, 0) is 0 Å². The fourth-order valence-electron chi connectivity index (χ4n) is 1.38. The first kappa shape index (κ1) is 12.3. The van der Waals surface area contributed by atoms with Crippen molar-refractivity contribution < 1.29 is 9.53 Å². The van der Waals surface area contributed by atoms with Crippen LogP contribution >= 0.6 is 0 Å². The molecule has 0 aliphatic carbocycles. The number of rotatable bonds is 6. The van der Waals surface area contributed by atoms with Gasteiger partial charge in [-0.25, -0.2) is 0 Å². The molecule has 1 aromatic rings. The standard InChI is InChI=1S/C13H15NO2/c1-2-16-12-8-6-11(7-9-12)13(15)5-3-4-10-14/h6-9H,2-5H2,1H3. The largest absolute Gasteiger partial charge is 0.494 e. The van der Waals surface area contributed by atoms with Crippen molar-refractivity contribution in [3.63, 3.8) is 0 Å². The number of hydrogen-bond donors (Lipinski definition) is 0. The van der Waals surface area contributed by atoms with E-state index in [-0.39, 0.29) is 5.78 Å². The van der Waals surface area contributed by atoms with E-state index >= 15 is 0 Å². The van der Waals surface area contributed by atoms with Crippen LogP contribution in [-0.4, -0.2) is 12.4 Å². The van der Waals surface area contributed by atoms with Crippen LogP contribution in [0.15, 0.2) is 24.3 Å². The molecule has 0 unspecified atom stereocenters. The second-order valence-electron chi connectivity index (χ2n) is 3.39. The van der Waals surface area contributed by atoms with Gasteiger partial charge in [-0.3, -0.25) is 4.79 Å². The van der Waals surface area contributed by atoms with Gasteiger partial charge in [0.15, 0.2) is 5.78 Å². The van der Waals surface area contributed by atoms with E-state index in [9.17, 15) is 4.79 Å². The lowest BCUT2D eigenvalue weighted by atomic mass is 10.1. The third-order valence-corrected chi connectivity index (χ3v) is 2.18. The van der Waals surface area contributed by atoms with Gasteiger partial charge in [-0.1, -0.05) is 0 Å². The summed E-state index contributed by atoms with van der Waals surface area (Å²) in [6, 6.07) is 9.14. The Morgan fingerprint density at radius 1 is 1.38 bits per heavy atom. The van der Waals surface area contributed by atoms with Gasteiger partial charge in [-0.15, -0.1) is 0 Å². The smallest absolute Gasteiger partial charge is 0.162 e. The van der Waals surface area contributed by atoms with E-state index in [4.69, 9.17) is 10.00 Å². The first-order valence-corrected chi connectivity index (χ1v) is 5.41. The zero-order valence-corrected chi connectivity index (χ0v) is 9.40. The number of ether oxygens (including phenoxy) is 1. The fraction of sp³-hybridized carbons (Fsp3) is 0.385. The molecule has 0 atom stereocenters. The van der Waals surface area contributed by atoms with E-state index in [0.717, 1.165) is 5.75 Å². The molecule has 16 heavy (non-hydrogen) atoms. The molecule has 0 spiro atoms. The number of carbonyl (C=O) groups is 1. The Morgan fingerprint density at radius 2 is 2.06 bits per heavy atom. The summed E-state index contributed by atoms with van der Waals surface area (Å²) in [7, 11) is 0. The second kappa shape index (κ2) is 6.62. The number of hydrogen-bond acceptors (Lipinski definition) is 3. The molecule has 0 saturated carbocycles. The second-order valence-corrected chi connectivity index (χ2v) is 3.39. The van der Waals surface area contributed by atoms with Gasteiger partial charge in [0.2, 0.25) is 0 Å². The molecular weight excluding hydrogens is 202 g/mol. The van der Waals surface area contributed by atoms with Crippen LogP contribution in [0.2, 0.25) is 0 Å². The van der Waals surface area contributed by atoms with Crippen molar-refractivity contribution >= 4 is 5.78 Å². The van der Waals surface area contributed by atoms with Crippen molar-refractivity contribution in [3.8, 4) is 11.8 Å². The first-order valence-electron chi connectivity index (χ1n) is 5.41. The third-order valence-electron chi connectivity index (χ3n) is 2.18.